The molecule has 1 aromatic rings. The first-order valence-electron chi connectivity index (χ1n) is 11.1. The van der Waals surface area contributed by atoms with E-state index < -0.39 is 22.8 Å². The van der Waals surface area contributed by atoms with Gasteiger partial charge in [0.05, 0.1) is 49.4 Å². The van der Waals surface area contributed by atoms with Crippen LogP contribution in [0.4, 0.5) is 5.69 Å². The number of allylic oxidation sites excluding steroid dienone is 2. The number of rotatable bonds is 4. The average molecular weight is 475 g/mol. The number of nitrogens with zero attached hydrogens (tertiary/aromatic N) is 1. The predicted octanol–water partition coefficient (Wildman–Crippen LogP) is 3.48. The molecular weight excluding hydrogens is 444 g/mol. The summed E-state index contributed by atoms with van der Waals surface area (Å²) in [5.74, 6) is -2.20. The molecule has 184 valence electrons. The molecule has 1 aromatic carbocycles. The Morgan fingerprint density at radius 1 is 1.03 bits per heavy atom. The molecule has 4 rings (SSSR count). The number of hydrogen-bond acceptors (Lipinski definition) is 9. The van der Waals surface area contributed by atoms with Crippen molar-refractivity contribution in [3.05, 3.63) is 62.5 Å². The lowest BCUT2D eigenvalue weighted by Gasteiger charge is -2.29. The number of dihydropyridines is 1. The number of benzene rings is 1. The minimum absolute atomic E-state index is 0.111. The van der Waals surface area contributed by atoms with Crippen molar-refractivity contribution in [2.24, 2.45) is 0 Å². The molecule has 0 atom stereocenters. The minimum atomic E-state index is -0.832. The van der Waals surface area contributed by atoms with Gasteiger partial charge in [-0.1, -0.05) is 12.1 Å². The van der Waals surface area contributed by atoms with E-state index >= 15 is 0 Å². The van der Waals surface area contributed by atoms with Crippen molar-refractivity contribution >= 4 is 17.6 Å². The van der Waals surface area contributed by atoms with Gasteiger partial charge in [-0.3, -0.25) is 10.1 Å². The van der Waals surface area contributed by atoms with Crippen LogP contribution in [-0.4, -0.2) is 50.1 Å². The Morgan fingerprint density at radius 2 is 1.56 bits per heavy atom. The van der Waals surface area contributed by atoms with Crippen molar-refractivity contribution < 1.29 is 33.5 Å². The van der Waals surface area contributed by atoms with E-state index in [0.717, 1.165) is 26.1 Å². The zero-order valence-corrected chi connectivity index (χ0v) is 19.8. The Morgan fingerprint density at radius 3 is 2.03 bits per heavy atom. The molecule has 0 unspecified atom stereocenters. The van der Waals surface area contributed by atoms with E-state index in [1.54, 1.807) is 19.9 Å². The summed E-state index contributed by atoms with van der Waals surface area (Å²) >= 11 is 0. The van der Waals surface area contributed by atoms with Crippen molar-refractivity contribution in [3.8, 4) is 0 Å². The van der Waals surface area contributed by atoms with Crippen LogP contribution in [0.1, 0.15) is 51.0 Å². The predicted molar refractivity (Wildman–Crippen MR) is 122 cm³/mol. The lowest BCUT2D eigenvalue weighted by Crippen LogP contribution is -2.32. The zero-order valence-electron chi connectivity index (χ0n) is 19.8. The second-order valence-electron chi connectivity index (χ2n) is 8.29. The van der Waals surface area contributed by atoms with Crippen molar-refractivity contribution in [2.45, 2.75) is 51.2 Å². The van der Waals surface area contributed by atoms with Crippen LogP contribution < -0.4 is 5.32 Å². The standard InChI is InChI=1S/C17H18N2O6.C7H12O2/c1-9-13(16(20)24-3)15(14(10(2)18-9)17(21)25-4)11-6-5-7-12(8-11)19(22)23;1-2-4-7(3-1)8-5-6-9-7/h5-8,15,18H,1-4H3;1-6H2. The lowest BCUT2D eigenvalue weighted by atomic mass is 9.80. The maximum Gasteiger partial charge on any atom is 0.336 e. The van der Waals surface area contributed by atoms with Gasteiger partial charge in [0.15, 0.2) is 5.79 Å². The Kier molecular flexibility index (Phi) is 8.06. The Hall–Kier alpha value is -3.24. The molecule has 1 aliphatic carbocycles. The maximum atomic E-state index is 12.3. The molecule has 1 saturated heterocycles. The van der Waals surface area contributed by atoms with Gasteiger partial charge in [-0.05, 0) is 32.3 Å². The summed E-state index contributed by atoms with van der Waals surface area (Å²) in [7, 11) is 2.46. The smallest absolute Gasteiger partial charge is 0.336 e. The van der Waals surface area contributed by atoms with Gasteiger partial charge in [0.2, 0.25) is 0 Å². The van der Waals surface area contributed by atoms with Crippen LogP contribution in [0, 0.1) is 10.1 Å². The zero-order chi connectivity index (χ0) is 24.9. The van der Waals surface area contributed by atoms with Gasteiger partial charge in [-0.25, -0.2) is 9.59 Å². The van der Waals surface area contributed by atoms with Crippen molar-refractivity contribution in [1.29, 1.82) is 0 Å². The number of carbonyl (C=O) groups is 2. The maximum absolute atomic E-state index is 12.3. The highest BCUT2D eigenvalue weighted by Crippen LogP contribution is 2.40. The van der Waals surface area contributed by atoms with Crippen LogP contribution >= 0.6 is 0 Å². The fourth-order valence-electron chi connectivity index (χ4n) is 4.61. The average Bonchev–Trinajstić information content (AvgIpc) is 3.50. The lowest BCUT2D eigenvalue weighted by molar-refractivity contribution is -0.384. The summed E-state index contributed by atoms with van der Waals surface area (Å²) < 4.78 is 20.6. The van der Waals surface area contributed by atoms with Crippen LogP contribution in [0.2, 0.25) is 0 Å². The molecule has 1 N–H and O–H groups in total. The number of hydrogen-bond donors (Lipinski definition) is 1. The van der Waals surface area contributed by atoms with Gasteiger partial charge >= 0.3 is 11.9 Å². The second-order valence-corrected chi connectivity index (χ2v) is 8.29. The fraction of sp³-hybridized carbons (Fsp3) is 0.500. The molecule has 2 aliphatic heterocycles. The molecule has 1 spiro atoms. The van der Waals surface area contributed by atoms with E-state index in [-0.39, 0.29) is 22.6 Å². The topological polar surface area (TPSA) is 126 Å². The molecule has 34 heavy (non-hydrogen) atoms. The number of nitrogens with one attached hydrogen (secondary N) is 1. The molecule has 0 amide bonds. The number of carbonyl (C=O) groups excluding carboxylic acids is 2. The minimum Gasteiger partial charge on any atom is -0.466 e. The summed E-state index contributed by atoms with van der Waals surface area (Å²) in [6.45, 7) is 4.96. The molecule has 0 bridgehead atoms. The van der Waals surface area contributed by atoms with Crippen molar-refractivity contribution in [3.63, 3.8) is 0 Å². The van der Waals surface area contributed by atoms with E-state index in [1.807, 2.05) is 0 Å². The number of non-ortho nitro benzene ring substituents is 1. The van der Waals surface area contributed by atoms with Gasteiger partial charge in [-0.15, -0.1) is 0 Å². The van der Waals surface area contributed by atoms with Crippen molar-refractivity contribution in [2.75, 3.05) is 27.4 Å². The Balaban J connectivity index is 0.000000296. The van der Waals surface area contributed by atoms with Crippen LogP contribution in [0.3, 0.4) is 0 Å². The third-order valence-corrected chi connectivity index (χ3v) is 6.16. The van der Waals surface area contributed by atoms with Crippen LogP contribution in [0.25, 0.3) is 0 Å². The largest absolute Gasteiger partial charge is 0.466 e. The number of nitro groups is 1. The van der Waals surface area contributed by atoms with E-state index in [0.29, 0.717) is 17.0 Å². The van der Waals surface area contributed by atoms with E-state index in [1.165, 1.54) is 45.3 Å². The summed E-state index contributed by atoms with van der Waals surface area (Å²) in [6, 6.07) is 5.80. The Bertz CT molecular complexity index is 962. The monoisotopic (exact) mass is 474 g/mol. The van der Waals surface area contributed by atoms with E-state index in [2.05, 4.69) is 5.32 Å². The fourth-order valence-corrected chi connectivity index (χ4v) is 4.61. The van der Waals surface area contributed by atoms with Crippen LogP contribution in [0.15, 0.2) is 46.8 Å². The first-order chi connectivity index (χ1) is 16.2. The summed E-state index contributed by atoms with van der Waals surface area (Å²) in [6.07, 6.45) is 4.79. The van der Waals surface area contributed by atoms with Crippen LogP contribution in [0.5, 0.6) is 0 Å². The van der Waals surface area contributed by atoms with Gasteiger partial charge in [0.25, 0.3) is 5.69 Å². The molecule has 0 radical (unpaired) electrons. The molecular formula is C24H30N2O8. The first kappa shape index (κ1) is 25.4. The second kappa shape index (κ2) is 10.8. The quantitative estimate of drug-likeness (QED) is 0.396. The number of nitro benzene ring substituents is 1. The van der Waals surface area contributed by atoms with Crippen LogP contribution in [-0.2, 0) is 28.5 Å². The van der Waals surface area contributed by atoms with Gasteiger partial charge in [0.1, 0.15) is 0 Å². The molecule has 2 fully saturated rings. The van der Waals surface area contributed by atoms with Gasteiger partial charge in [0, 0.05) is 36.4 Å². The first-order valence-corrected chi connectivity index (χ1v) is 11.1. The van der Waals surface area contributed by atoms with E-state index in [9.17, 15) is 19.7 Å². The molecule has 2 heterocycles. The summed E-state index contributed by atoms with van der Waals surface area (Å²) in [5.41, 5.74) is 1.71. The third kappa shape index (κ3) is 5.28. The number of methoxy groups -OCH3 is 2. The summed E-state index contributed by atoms with van der Waals surface area (Å²) in [5, 5.41) is 14.1. The molecule has 10 heteroatoms. The normalized spacial score (nSPS) is 19.4. The number of ether oxygens (including phenoxy) is 4. The highest BCUT2D eigenvalue weighted by atomic mass is 16.7. The third-order valence-electron chi connectivity index (χ3n) is 6.16. The summed E-state index contributed by atoms with van der Waals surface area (Å²) in [4.78, 5) is 35.2. The molecule has 10 nitrogen and oxygen atoms in total. The molecule has 0 aromatic heterocycles. The van der Waals surface area contributed by atoms with Crippen molar-refractivity contribution in [1.82, 2.24) is 5.32 Å². The highest BCUT2D eigenvalue weighted by molar-refractivity contribution is 5.99. The number of esters is 2. The highest BCUT2D eigenvalue weighted by Gasteiger charge is 2.39. The van der Waals surface area contributed by atoms with E-state index in [4.69, 9.17) is 18.9 Å². The molecule has 3 aliphatic rings. The molecule has 1 saturated carbocycles. The SMILES string of the molecule is C1CCC2(C1)OCCO2.COC(=O)C1=C(C)NC(C)=C(C(=O)OC)C1c1cccc([N+](=O)[O-])c1. The van der Waals surface area contributed by atoms with Gasteiger partial charge < -0.3 is 24.3 Å². The van der Waals surface area contributed by atoms with Gasteiger partial charge in [-0.2, -0.15) is 0 Å². The Labute approximate surface area is 198 Å².